The van der Waals surface area contributed by atoms with E-state index >= 15 is 0 Å². The molecule has 3 saturated carbocycles. The third-order valence-electron chi connectivity index (χ3n) is 10.7. The molecule has 254 valence electrons. The van der Waals surface area contributed by atoms with Crippen molar-refractivity contribution in [1.29, 1.82) is 0 Å². The van der Waals surface area contributed by atoms with Gasteiger partial charge in [-0.25, -0.2) is 4.79 Å². The number of thioether (sulfide) groups is 1. The molecule has 4 aliphatic rings. The lowest BCUT2D eigenvalue weighted by molar-refractivity contribution is -0.145. The maximum atomic E-state index is 14.4. The molecular weight excluding hydrogens is 606 g/mol. The molecule has 1 aromatic heterocycles. The summed E-state index contributed by atoms with van der Waals surface area (Å²) in [7, 11) is 0. The highest BCUT2D eigenvalue weighted by molar-refractivity contribution is 7.98. The number of nitrogens with one attached hydrogen (secondary N) is 3. The van der Waals surface area contributed by atoms with Crippen LogP contribution in [0.5, 0.6) is 0 Å². The zero-order chi connectivity index (χ0) is 33.4. The van der Waals surface area contributed by atoms with Gasteiger partial charge in [0.25, 0.3) is 5.91 Å². The van der Waals surface area contributed by atoms with Crippen molar-refractivity contribution in [3.63, 3.8) is 0 Å². The van der Waals surface area contributed by atoms with Crippen LogP contribution < -0.4 is 21.7 Å². The summed E-state index contributed by atoms with van der Waals surface area (Å²) in [5.74, 6) is -0.0281. The smallest absolute Gasteiger partial charge is 0.315 e. The minimum absolute atomic E-state index is 0.0900. The second kappa shape index (κ2) is 13.2. The largest absolute Gasteiger partial charge is 0.468 e. The molecule has 5 atom stereocenters. The Kier molecular flexibility index (Phi) is 9.88. The maximum absolute atomic E-state index is 14.4. The number of Topliss-reactive ketones (excluding diaryl/α,β-unsaturated/α-hetero) is 1. The molecule has 0 radical (unpaired) electrons. The van der Waals surface area contributed by atoms with E-state index in [1.54, 1.807) is 22.9 Å². The molecule has 4 fully saturated rings. The van der Waals surface area contributed by atoms with Crippen molar-refractivity contribution in [2.45, 2.75) is 115 Å². The Morgan fingerprint density at radius 2 is 1.78 bits per heavy atom. The number of carbonyl (C=O) groups excluding carboxylic acids is 5. The molecule has 0 spiro atoms. The van der Waals surface area contributed by atoms with Crippen LogP contribution in [0, 0.1) is 28.6 Å². The predicted octanol–water partition coefficient (Wildman–Crippen LogP) is 3.75. The summed E-state index contributed by atoms with van der Waals surface area (Å²) in [6, 6.07) is 0.709. The quantitative estimate of drug-likeness (QED) is 0.235. The Labute approximate surface area is 276 Å². The van der Waals surface area contributed by atoms with Gasteiger partial charge >= 0.3 is 6.03 Å². The van der Waals surface area contributed by atoms with E-state index in [1.165, 1.54) is 0 Å². The first kappa shape index (κ1) is 34.3. The first-order valence-corrected chi connectivity index (χ1v) is 17.9. The van der Waals surface area contributed by atoms with Crippen LogP contribution in [0.15, 0.2) is 22.8 Å². The zero-order valence-corrected chi connectivity index (χ0v) is 28.7. The average molecular weight is 658 g/mol. The minimum Gasteiger partial charge on any atom is -0.468 e. The van der Waals surface area contributed by atoms with E-state index in [1.807, 2.05) is 32.9 Å². The van der Waals surface area contributed by atoms with Crippen LogP contribution in [-0.4, -0.2) is 70.4 Å². The molecule has 11 nitrogen and oxygen atoms in total. The minimum atomic E-state index is -1.08. The van der Waals surface area contributed by atoms with Gasteiger partial charge in [0.2, 0.25) is 17.6 Å². The zero-order valence-electron chi connectivity index (χ0n) is 27.9. The fraction of sp³-hybridized carbons (Fsp3) is 0.735. The predicted molar refractivity (Wildman–Crippen MR) is 175 cm³/mol. The summed E-state index contributed by atoms with van der Waals surface area (Å²) < 4.78 is 5.49. The number of fused-ring (bicyclic) bond motifs is 1. The standard InChI is InChI=1S/C34H51N5O6S/c1-32(2,3)27(37-31(44)38-34(13-7-6-8-14-34)19-46-18-21-10-9-15-45-21)30(43)39-17-22-24(33(22,4)5)25(39)29(42)36-23(16-20-11-12-20)26(40)28(35)41/h9-10,15,20,22-25,27H,6-8,11-14,16-19H2,1-5H3,(H2,35,41)(H,36,42)(H2,37,38,44)/t22?,23?,24?,25?,27-/m1/s1. The Balaban J connectivity index is 1.29. The molecule has 5 N–H and O–H groups in total. The number of piperidine rings is 1. The lowest BCUT2D eigenvalue weighted by Gasteiger charge is -2.40. The van der Waals surface area contributed by atoms with Gasteiger partial charge in [0.15, 0.2) is 0 Å². The number of furan rings is 1. The number of hydrogen-bond acceptors (Lipinski definition) is 7. The molecule has 12 heteroatoms. The third kappa shape index (κ3) is 7.58. The van der Waals surface area contributed by atoms with Gasteiger partial charge in [-0.05, 0) is 60.0 Å². The van der Waals surface area contributed by atoms with Crippen molar-refractivity contribution in [3.05, 3.63) is 24.2 Å². The lowest BCUT2D eigenvalue weighted by atomic mass is 9.83. The molecule has 1 saturated heterocycles. The van der Waals surface area contributed by atoms with E-state index in [2.05, 4.69) is 29.8 Å². The first-order valence-electron chi connectivity index (χ1n) is 16.8. The molecule has 5 rings (SSSR count). The average Bonchev–Trinajstić information content (AvgIpc) is 3.69. The van der Waals surface area contributed by atoms with Crippen molar-refractivity contribution in [2.24, 2.45) is 34.3 Å². The number of ketones is 1. The number of amides is 5. The fourth-order valence-electron chi connectivity index (χ4n) is 7.66. The molecule has 1 aliphatic heterocycles. The van der Waals surface area contributed by atoms with E-state index in [0.717, 1.165) is 56.5 Å². The van der Waals surface area contributed by atoms with Gasteiger partial charge < -0.3 is 31.0 Å². The molecule has 1 aromatic rings. The van der Waals surface area contributed by atoms with Crippen LogP contribution >= 0.6 is 11.8 Å². The highest BCUT2D eigenvalue weighted by atomic mass is 32.2. The van der Waals surface area contributed by atoms with Crippen molar-refractivity contribution in [2.75, 3.05) is 12.3 Å². The van der Waals surface area contributed by atoms with Crippen LogP contribution in [0.3, 0.4) is 0 Å². The van der Waals surface area contributed by atoms with Gasteiger partial charge in [-0.3, -0.25) is 19.2 Å². The second-order valence-corrected chi connectivity index (χ2v) is 16.7. The second-order valence-electron chi connectivity index (χ2n) is 15.7. The van der Waals surface area contributed by atoms with E-state index < -0.39 is 52.7 Å². The molecule has 4 unspecified atom stereocenters. The number of primary amides is 1. The van der Waals surface area contributed by atoms with Crippen LogP contribution in [0.25, 0.3) is 0 Å². The molecule has 0 aromatic carbocycles. The number of carbonyl (C=O) groups is 5. The van der Waals surface area contributed by atoms with E-state index in [9.17, 15) is 24.0 Å². The van der Waals surface area contributed by atoms with Crippen molar-refractivity contribution < 1.29 is 28.4 Å². The van der Waals surface area contributed by atoms with E-state index in [4.69, 9.17) is 10.2 Å². The molecule has 2 heterocycles. The molecule has 3 aliphatic carbocycles. The summed E-state index contributed by atoms with van der Waals surface area (Å²) in [6.07, 6.45) is 8.79. The van der Waals surface area contributed by atoms with Crippen LogP contribution in [0.4, 0.5) is 4.79 Å². The van der Waals surface area contributed by atoms with E-state index in [0.29, 0.717) is 18.7 Å². The van der Waals surface area contributed by atoms with Gasteiger partial charge in [0, 0.05) is 12.3 Å². The summed E-state index contributed by atoms with van der Waals surface area (Å²) in [5, 5.41) is 9.08. The van der Waals surface area contributed by atoms with E-state index in [-0.39, 0.29) is 29.1 Å². The highest BCUT2D eigenvalue weighted by Crippen LogP contribution is 2.65. The van der Waals surface area contributed by atoms with Gasteiger partial charge in [-0.15, -0.1) is 0 Å². The highest BCUT2D eigenvalue weighted by Gasteiger charge is 2.70. The van der Waals surface area contributed by atoms with Gasteiger partial charge in [-0.1, -0.05) is 66.7 Å². The number of likely N-dealkylation sites (tertiary alicyclic amines) is 1. The van der Waals surface area contributed by atoms with Crippen molar-refractivity contribution in [3.8, 4) is 0 Å². The Morgan fingerprint density at radius 3 is 2.37 bits per heavy atom. The summed E-state index contributed by atoms with van der Waals surface area (Å²) in [4.78, 5) is 67.9. The third-order valence-corrected chi connectivity index (χ3v) is 11.9. The summed E-state index contributed by atoms with van der Waals surface area (Å²) >= 11 is 1.72. The number of urea groups is 1. The number of hydrogen-bond donors (Lipinski definition) is 4. The number of nitrogens with two attached hydrogens (primary N) is 1. The monoisotopic (exact) mass is 657 g/mol. The summed E-state index contributed by atoms with van der Waals surface area (Å²) in [5.41, 5.74) is 4.12. The van der Waals surface area contributed by atoms with Gasteiger partial charge in [-0.2, -0.15) is 11.8 Å². The Morgan fingerprint density at radius 1 is 1.09 bits per heavy atom. The van der Waals surface area contributed by atoms with Crippen LogP contribution in [-0.2, 0) is 24.9 Å². The maximum Gasteiger partial charge on any atom is 0.315 e. The molecule has 46 heavy (non-hydrogen) atoms. The number of rotatable bonds is 13. The van der Waals surface area contributed by atoms with Crippen LogP contribution in [0.2, 0.25) is 0 Å². The molecule has 0 bridgehead atoms. The summed E-state index contributed by atoms with van der Waals surface area (Å²) in [6.45, 7) is 10.3. The first-order chi connectivity index (χ1) is 21.6. The molecular formula is C34H51N5O6S. The normalized spacial score (nSPS) is 25.9. The number of nitrogens with zero attached hydrogens (tertiary/aromatic N) is 1. The van der Waals surface area contributed by atoms with Crippen molar-refractivity contribution in [1.82, 2.24) is 20.9 Å². The SMILES string of the molecule is CC1(C)C2CN(C(=O)[C@@H](NC(=O)NC3(CSCc4ccco4)CCCCC3)C(C)(C)C)C(C(=O)NC(CC3CC3)C(=O)C(N)=O)C21. The van der Waals surface area contributed by atoms with Crippen molar-refractivity contribution >= 4 is 41.3 Å². The van der Waals surface area contributed by atoms with Gasteiger partial charge in [0.1, 0.15) is 17.8 Å². The molecule has 5 amide bonds. The van der Waals surface area contributed by atoms with Crippen LogP contribution in [0.1, 0.15) is 91.7 Å². The Bertz CT molecular complexity index is 1310. The topological polar surface area (TPSA) is 164 Å². The Hall–Kier alpha value is -3.02. The fourth-order valence-corrected chi connectivity index (χ4v) is 8.88. The lowest BCUT2D eigenvalue weighted by Crippen LogP contribution is -2.63. The van der Waals surface area contributed by atoms with Gasteiger partial charge in [0.05, 0.1) is 23.6 Å².